The Morgan fingerprint density at radius 1 is 1.47 bits per heavy atom. The molecule has 3 nitrogen and oxygen atoms in total. The van der Waals surface area contributed by atoms with Crippen LogP contribution in [-0.4, -0.2) is 23.3 Å². The zero-order valence-electron chi connectivity index (χ0n) is 8.79. The third-order valence-corrected chi connectivity index (χ3v) is 2.29. The van der Waals surface area contributed by atoms with Crippen molar-refractivity contribution in [2.75, 3.05) is 12.4 Å². The molecule has 4 heteroatoms. The molecular weight excluding hydrogens is 212 g/mol. The third-order valence-electron chi connectivity index (χ3n) is 2.02. The normalized spacial score (nSPS) is 10.0. The highest BCUT2D eigenvalue weighted by molar-refractivity contribution is 6.17. The van der Waals surface area contributed by atoms with Crippen LogP contribution in [0.1, 0.15) is 28.9 Å². The number of hydrogen-bond acceptors (Lipinski definition) is 2. The van der Waals surface area contributed by atoms with Crippen LogP contribution < -0.4 is 5.32 Å². The number of carbonyl (C=O) groups excluding carboxylic acids is 1. The van der Waals surface area contributed by atoms with Gasteiger partial charge in [-0.15, -0.1) is 11.6 Å². The molecule has 0 aliphatic rings. The highest BCUT2D eigenvalue weighted by Crippen LogP contribution is 1.99. The van der Waals surface area contributed by atoms with Gasteiger partial charge in [-0.2, -0.15) is 0 Å². The number of rotatable bonds is 5. The van der Waals surface area contributed by atoms with E-state index in [0.29, 0.717) is 18.0 Å². The number of nitrogens with zero attached hydrogens (tertiary/aromatic N) is 1. The number of unbranched alkanes of at least 4 members (excludes halogenated alkanes) is 1. The summed E-state index contributed by atoms with van der Waals surface area (Å²) in [7, 11) is 0. The van der Waals surface area contributed by atoms with Crippen LogP contribution in [0.15, 0.2) is 18.3 Å². The maximum atomic E-state index is 11.5. The van der Waals surface area contributed by atoms with E-state index in [-0.39, 0.29) is 5.91 Å². The lowest BCUT2D eigenvalue weighted by atomic mass is 10.2. The predicted octanol–water partition coefficient (Wildman–Crippen LogP) is 2.14. The van der Waals surface area contributed by atoms with E-state index in [1.54, 1.807) is 12.3 Å². The number of hydrogen-bond donors (Lipinski definition) is 1. The third kappa shape index (κ3) is 4.30. The van der Waals surface area contributed by atoms with Crippen molar-refractivity contribution in [1.82, 2.24) is 10.3 Å². The largest absolute Gasteiger partial charge is 0.352 e. The summed E-state index contributed by atoms with van der Waals surface area (Å²) >= 11 is 5.53. The van der Waals surface area contributed by atoms with Gasteiger partial charge in [-0.05, 0) is 31.9 Å². The molecule has 0 fully saturated rings. The summed E-state index contributed by atoms with van der Waals surface area (Å²) in [5, 5.41) is 2.82. The van der Waals surface area contributed by atoms with Crippen LogP contribution in [0, 0.1) is 6.92 Å². The summed E-state index contributed by atoms with van der Waals surface area (Å²) in [6, 6.07) is 3.60. The number of aromatic nitrogens is 1. The summed E-state index contributed by atoms with van der Waals surface area (Å²) in [5.74, 6) is 0.569. The number of halogens is 1. The van der Waals surface area contributed by atoms with Gasteiger partial charge < -0.3 is 5.32 Å². The smallest absolute Gasteiger partial charge is 0.252 e. The van der Waals surface area contributed by atoms with E-state index in [0.717, 1.165) is 18.5 Å². The van der Waals surface area contributed by atoms with Gasteiger partial charge in [0.2, 0.25) is 0 Å². The fourth-order valence-corrected chi connectivity index (χ4v) is 1.31. The predicted molar refractivity (Wildman–Crippen MR) is 61.3 cm³/mol. The molecule has 1 rings (SSSR count). The second kappa shape index (κ2) is 6.40. The van der Waals surface area contributed by atoms with Gasteiger partial charge in [-0.1, -0.05) is 0 Å². The van der Waals surface area contributed by atoms with E-state index in [1.165, 1.54) is 0 Å². The fourth-order valence-electron chi connectivity index (χ4n) is 1.13. The Morgan fingerprint density at radius 3 is 2.87 bits per heavy atom. The topological polar surface area (TPSA) is 42.0 Å². The summed E-state index contributed by atoms with van der Waals surface area (Å²) in [4.78, 5) is 15.6. The van der Waals surface area contributed by atoms with Gasteiger partial charge in [0.15, 0.2) is 0 Å². The molecule has 0 aliphatic heterocycles. The zero-order chi connectivity index (χ0) is 11.1. The van der Waals surface area contributed by atoms with Gasteiger partial charge in [-0.3, -0.25) is 9.78 Å². The lowest BCUT2D eigenvalue weighted by Crippen LogP contribution is -2.24. The Bertz CT molecular complexity index is 311. The molecule has 1 N–H and O–H groups in total. The molecule has 0 aliphatic carbocycles. The summed E-state index contributed by atoms with van der Waals surface area (Å²) in [6.45, 7) is 2.56. The summed E-state index contributed by atoms with van der Waals surface area (Å²) in [5.41, 5.74) is 1.51. The second-order valence-corrected chi connectivity index (χ2v) is 3.72. The molecule has 82 valence electrons. The van der Waals surface area contributed by atoms with Crippen molar-refractivity contribution in [1.29, 1.82) is 0 Å². The zero-order valence-corrected chi connectivity index (χ0v) is 9.55. The van der Waals surface area contributed by atoms with Crippen LogP contribution in [0.25, 0.3) is 0 Å². The maximum Gasteiger partial charge on any atom is 0.252 e. The van der Waals surface area contributed by atoms with E-state index < -0.39 is 0 Å². The molecule has 0 spiro atoms. The Balaban J connectivity index is 2.37. The van der Waals surface area contributed by atoms with Gasteiger partial charge in [0, 0.05) is 24.3 Å². The average molecular weight is 227 g/mol. The number of nitrogens with one attached hydrogen (secondary N) is 1. The van der Waals surface area contributed by atoms with Gasteiger partial charge >= 0.3 is 0 Å². The number of aryl methyl sites for hydroxylation is 1. The minimum Gasteiger partial charge on any atom is -0.352 e. The Morgan fingerprint density at radius 2 is 2.27 bits per heavy atom. The molecule has 1 heterocycles. The number of amides is 1. The number of carbonyl (C=O) groups is 1. The van der Waals surface area contributed by atoms with Gasteiger partial charge in [0.1, 0.15) is 0 Å². The van der Waals surface area contributed by atoms with Crippen LogP contribution in [0.5, 0.6) is 0 Å². The van der Waals surface area contributed by atoms with Crippen molar-refractivity contribution >= 4 is 17.5 Å². The summed E-state index contributed by atoms with van der Waals surface area (Å²) < 4.78 is 0. The molecule has 15 heavy (non-hydrogen) atoms. The monoisotopic (exact) mass is 226 g/mol. The van der Waals surface area contributed by atoms with E-state index in [4.69, 9.17) is 11.6 Å². The summed E-state index contributed by atoms with van der Waals surface area (Å²) in [6.07, 6.45) is 3.43. The van der Waals surface area contributed by atoms with Crippen LogP contribution in [0.2, 0.25) is 0 Å². The lowest BCUT2D eigenvalue weighted by Gasteiger charge is -2.04. The molecule has 0 atom stereocenters. The van der Waals surface area contributed by atoms with Crippen LogP contribution >= 0.6 is 11.6 Å². The highest BCUT2D eigenvalue weighted by atomic mass is 35.5. The van der Waals surface area contributed by atoms with Crippen molar-refractivity contribution in [3.63, 3.8) is 0 Å². The molecule has 0 unspecified atom stereocenters. The standard InChI is InChI=1S/C11H15ClN2O/c1-9-4-5-10(8-14-9)11(15)13-7-3-2-6-12/h4-5,8H,2-3,6-7H2,1H3,(H,13,15). The number of pyridine rings is 1. The molecule has 1 aromatic rings. The van der Waals surface area contributed by atoms with E-state index in [9.17, 15) is 4.79 Å². The molecule has 0 bridgehead atoms. The Labute approximate surface area is 94.9 Å². The van der Waals surface area contributed by atoms with Gasteiger partial charge in [0.25, 0.3) is 5.91 Å². The van der Waals surface area contributed by atoms with Crippen LogP contribution in [0.4, 0.5) is 0 Å². The van der Waals surface area contributed by atoms with Crippen molar-refractivity contribution in [3.8, 4) is 0 Å². The van der Waals surface area contributed by atoms with Crippen LogP contribution in [0.3, 0.4) is 0 Å². The second-order valence-electron chi connectivity index (χ2n) is 3.34. The molecule has 0 saturated carbocycles. The van der Waals surface area contributed by atoms with Crippen molar-refractivity contribution in [2.45, 2.75) is 19.8 Å². The Kier molecular flexibility index (Phi) is 5.12. The first kappa shape index (κ1) is 12.0. The average Bonchev–Trinajstić information content (AvgIpc) is 2.25. The van der Waals surface area contributed by atoms with Crippen LogP contribution in [-0.2, 0) is 0 Å². The molecular formula is C11H15ClN2O. The van der Waals surface area contributed by atoms with E-state index in [2.05, 4.69) is 10.3 Å². The molecule has 0 radical (unpaired) electrons. The van der Waals surface area contributed by atoms with Gasteiger partial charge in [-0.25, -0.2) is 0 Å². The quantitative estimate of drug-likeness (QED) is 0.618. The minimum atomic E-state index is -0.0722. The van der Waals surface area contributed by atoms with E-state index >= 15 is 0 Å². The first-order valence-corrected chi connectivity index (χ1v) is 5.54. The molecule has 0 aromatic carbocycles. The highest BCUT2D eigenvalue weighted by Gasteiger charge is 2.03. The van der Waals surface area contributed by atoms with Crippen molar-refractivity contribution in [2.24, 2.45) is 0 Å². The van der Waals surface area contributed by atoms with Crippen molar-refractivity contribution < 1.29 is 4.79 Å². The first-order chi connectivity index (χ1) is 7.24. The minimum absolute atomic E-state index is 0.0722. The Hall–Kier alpha value is -1.09. The molecule has 1 aromatic heterocycles. The maximum absolute atomic E-state index is 11.5. The molecule has 1 amide bonds. The van der Waals surface area contributed by atoms with Crippen molar-refractivity contribution in [3.05, 3.63) is 29.6 Å². The number of alkyl halides is 1. The lowest BCUT2D eigenvalue weighted by molar-refractivity contribution is 0.0953. The SMILES string of the molecule is Cc1ccc(C(=O)NCCCCCl)cn1. The van der Waals surface area contributed by atoms with Gasteiger partial charge in [0.05, 0.1) is 5.56 Å². The first-order valence-electron chi connectivity index (χ1n) is 5.01. The van der Waals surface area contributed by atoms with E-state index in [1.807, 2.05) is 13.0 Å². The molecule has 0 saturated heterocycles. The fraction of sp³-hybridized carbons (Fsp3) is 0.455.